The summed E-state index contributed by atoms with van der Waals surface area (Å²) in [6, 6.07) is 2.56. The fraction of sp³-hybridized carbons (Fsp3) is 0.600. The second kappa shape index (κ2) is 6.48. The lowest BCUT2D eigenvalue weighted by atomic mass is 10.2. The number of hydrogen-bond acceptors (Lipinski definition) is 4. The van der Waals surface area contributed by atoms with Gasteiger partial charge < -0.3 is 9.30 Å². The Kier molecular flexibility index (Phi) is 4.91. The third kappa shape index (κ3) is 3.45. The van der Waals surface area contributed by atoms with E-state index in [9.17, 15) is 9.59 Å². The first kappa shape index (κ1) is 15.2. The normalized spacial score (nSPS) is 14.3. The molecule has 1 aliphatic carbocycles. The monoisotopic (exact) mass is 295 g/mol. The molecule has 0 saturated heterocycles. The van der Waals surface area contributed by atoms with Crippen molar-refractivity contribution in [2.75, 3.05) is 18.1 Å². The lowest BCUT2D eigenvalue weighted by Gasteiger charge is -2.07. The summed E-state index contributed by atoms with van der Waals surface area (Å²) in [6.07, 6.45) is 2.42. The maximum Gasteiger partial charge on any atom is 0.315 e. The SMILES string of the molecule is CCOC(=O)CSCC(=O)c1cc(C)n(C2CC2)c1C. The van der Waals surface area contributed by atoms with Gasteiger partial charge >= 0.3 is 5.97 Å². The summed E-state index contributed by atoms with van der Waals surface area (Å²) in [5.74, 6) is 0.405. The summed E-state index contributed by atoms with van der Waals surface area (Å²) in [5.41, 5.74) is 3.02. The Bertz CT molecular complexity index is 517. The first-order chi connectivity index (χ1) is 9.54. The first-order valence-electron chi connectivity index (χ1n) is 6.99. The van der Waals surface area contributed by atoms with Crippen molar-refractivity contribution >= 4 is 23.5 Å². The average molecular weight is 295 g/mol. The number of aryl methyl sites for hydroxylation is 1. The van der Waals surface area contributed by atoms with Crippen LogP contribution in [0.25, 0.3) is 0 Å². The van der Waals surface area contributed by atoms with Crippen LogP contribution in [0.5, 0.6) is 0 Å². The zero-order valence-electron chi connectivity index (χ0n) is 12.3. The van der Waals surface area contributed by atoms with E-state index in [0.29, 0.717) is 18.4 Å². The van der Waals surface area contributed by atoms with Crippen molar-refractivity contribution in [1.29, 1.82) is 0 Å². The van der Waals surface area contributed by atoms with E-state index in [4.69, 9.17) is 4.74 Å². The van der Waals surface area contributed by atoms with E-state index < -0.39 is 0 Å². The van der Waals surface area contributed by atoms with Crippen molar-refractivity contribution in [3.63, 3.8) is 0 Å². The van der Waals surface area contributed by atoms with E-state index in [0.717, 1.165) is 17.0 Å². The molecule has 2 rings (SSSR count). The molecule has 20 heavy (non-hydrogen) atoms. The fourth-order valence-corrected chi connectivity index (χ4v) is 3.15. The molecule has 0 atom stereocenters. The lowest BCUT2D eigenvalue weighted by molar-refractivity contribution is -0.139. The molecule has 0 amide bonds. The summed E-state index contributed by atoms with van der Waals surface area (Å²) in [5, 5.41) is 0. The molecule has 0 bridgehead atoms. The molecule has 1 saturated carbocycles. The molecule has 0 aromatic carbocycles. The average Bonchev–Trinajstić information content (AvgIpc) is 3.16. The van der Waals surface area contributed by atoms with Crippen molar-refractivity contribution in [3.05, 3.63) is 23.0 Å². The number of aromatic nitrogens is 1. The van der Waals surface area contributed by atoms with Crippen molar-refractivity contribution in [2.24, 2.45) is 0 Å². The number of carbonyl (C=O) groups is 2. The van der Waals surface area contributed by atoms with E-state index in [-0.39, 0.29) is 17.5 Å². The van der Waals surface area contributed by atoms with Gasteiger partial charge in [-0.05, 0) is 39.7 Å². The van der Waals surface area contributed by atoms with Crippen molar-refractivity contribution in [1.82, 2.24) is 4.57 Å². The summed E-state index contributed by atoms with van der Waals surface area (Å²) < 4.78 is 7.11. The third-order valence-corrected chi connectivity index (χ3v) is 4.36. The molecule has 1 aromatic rings. The van der Waals surface area contributed by atoms with E-state index in [2.05, 4.69) is 4.57 Å². The van der Waals surface area contributed by atoms with Crippen LogP contribution in [0.15, 0.2) is 6.07 Å². The van der Waals surface area contributed by atoms with Crippen LogP contribution in [0.4, 0.5) is 0 Å². The van der Waals surface area contributed by atoms with Gasteiger partial charge in [0.15, 0.2) is 5.78 Å². The van der Waals surface area contributed by atoms with Crippen molar-refractivity contribution in [2.45, 2.75) is 39.7 Å². The Morgan fingerprint density at radius 2 is 2.05 bits per heavy atom. The van der Waals surface area contributed by atoms with Gasteiger partial charge in [0.05, 0.1) is 18.1 Å². The summed E-state index contributed by atoms with van der Waals surface area (Å²) in [7, 11) is 0. The molecule has 0 aliphatic heterocycles. The number of Topliss-reactive ketones (excluding diaryl/α,β-unsaturated/α-hetero) is 1. The second-order valence-electron chi connectivity index (χ2n) is 5.11. The third-order valence-electron chi connectivity index (χ3n) is 3.46. The van der Waals surface area contributed by atoms with Crippen LogP contribution < -0.4 is 0 Å². The molecule has 4 nitrogen and oxygen atoms in total. The number of esters is 1. The highest BCUT2D eigenvalue weighted by Crippen LogP contribution is 2.38. The smallest absolute Gasteiger partial charge is 0.315 e. The van der Waals surface area contributed by atoms with Crippen LogP contribution in [0.2, 0.25) is 0 Å². The van der Waals surface area contributed by atoms with E-state index in [1.54, 1.807) is 6.92 Å². The molecule has 1 aliphatic rings. The predicted molar refractivity (Wildman–Crippen MR) is 80.5 cm³/mol. The Hall–Kier alpha value is -1.23. The topological polar surface area (TPSA) is 48.3 Å². The molecule has 5 heteroatoms. The zero-order valence-corrected chi connectivity index (χ0v) is 13.1. The van der Waals surface area contributed by atoms with Gasteiger partial charge in [-0.15, -0.1) is 11.8 Å². The molecule has 0 N–H and O–H groups in total. The van der Waals surface area contributed by atoms with Gasteiger partial charge in [0.25, 0.3) is 0 Å². The van der Waals surface area contributed by atoms with Crippen LogP contribution in [0.3, 0.4) is 0 Å². The molecule has 110 valence electrons. The van der Waals surface area contributed by atoms with E-state index >= 15 is 0 Å². The zero-order chi connectivity index (χ0) is 14.7. The minimum Gasteiger partial charge on any atom is -0.465 e. The molecule has 1 fully saturated rings. The number of carbonyl (C=O) groups excluding carboxylic acids is 2. The van der Waals surface area contributed by atoms with E-state index in [1.807, 2.05) is 19.9 Å². The van der Waals surface area contributed by atoms with Crippen LogP contribution >= 0.6 is 11.8 Å². The van der Waals surface area contributed by atoms with Crippen LogP contribution in [0.1, 0.15) is 47.6 Å². The van der Waals surface area contributed by atoms with Gasteiger partial charge in [-0.2, -0.15) is 0 Å². The van der Waals surface area contributed by atoms with Crippen LogP contribution in [-0.4, -0.2) is 34.4 Å². The van der Waals surface area contributed by atoms with Crippen molar-refractivity contribution in [3.8, 4) is 0 Å². The molecule has 0 spiro atoms. The molecule has 0 radical (unpaired) electrons. The van der Waals surface area contributed by atoms with Crippen molar-refractivity contribution < 1.29 is 14.3 Å². The number of hydrogen-bond donors (Lipinski definition) is 0. The summed E-state index contributed by atoms with van der Waals surface area (Å²) >= 11 is 1.32. The molecule has 1 heterocycles. The minimum absolute atomic E-state index is 0.0966. The highest BCUT2D eigenvalue weighted by Gasteiger charge is 2.28. The van der Waals surface area contributed by atoms with Gasteiger partial charge in [0.1, 0.15) is 0 Å². The second-order valence-corrected chi connectivity index (χ2v) is 6.09. The largest absolute Gasteiger partial charge is 0.465 e. The molecule has 0 unspecified atom stereocenters. The summed E-state index contributed by atoms with van der Waals surface area (Å²) in [6.45, 7) is 6.22. The molecule has 1 aromatic heterocycles. The number of rotatable bonds is 7. The number of nitrogens with zero attached hydrogens (tertiary/aromatic N) is 1. The highest BCUT2D eigenvalue weighted by molar-refractivity contribution is 8.00. The molecular weight excluding hydrogens is 274 g/mol. The predicted octanol–water partition coefficient (Wildman–Crippen LogP) is 2.92. The van der Waals surface area contributed by atoms with Gasteiger partial charge in [-0.25, -0.2) is 0 Å². The van der Waals surface area contributed by atoms with Crippen LogP contribution in [-0.2, 0) is 9.53 Å². The maximum absolute atomic E-state index is 12.2. The molecular formula is C15H21NO3S. The lowest BCUT2D eigenvalue weighted by Crippen LogP contribution is -2.10. The van der Waals surface area contributed by atoms with Gasteiger partial charge in [-0.1, -0.05) is 0 Å². The van der Waals surface area contributed by atoms with E-state index in [1.165, 1.54) is 24.6 Å². The van der Waals surface area contributed by atoms with Gasteiger partial charge in [-0.3, -0.25) is 9.59 Å². The Morgan fingerprint density at radius 1 is 1.35 bits per heavy atom. The number of thioether (sulfide) groups is 1. The van der Waals surface area contributed by atoms with Crippen LogP contribution in [0, 0.1) is 13.8 Å². The standard InChI is InChI=1S/C15H21NO3S/c1-4-19-15(18)9-20-8-14(17)13-7-10(2)16(11(13)3)12-5-6-12/h7,12H,4-6,8-9H2,1-3H3. The minimum atomic E-state index is -0.256. The number of ketones is 1. The number of ether oxygens (including phenoxy) is 1. The van der Waals surface area contributed by atoms with Gasteiger partial charge in [0, 0.05) is 23.0 Å². The summed E-state index contributed by atoms with van der Waals surface area (Å²) in [4.78, 5) is 23.5. The maximum atomic E-state index is 12.2. The first-order valence-corrected chi connectivity index (χ1v) is 8.15. The highest BCUT2D eigenvalue weighted by atomic mass is 32.2. The Labute approximate surface area is 123 Å². The fourth-order valence-electron chi connectivity index (χ4n) is 2.46. The quantitative estimate of drug-likeness (QED) is 0.573. The Balaban J connectivity index is 1.93. The Morgan fingerprint density at radius 3 is 2.65 bits per heavy atom. The van der Waals surface area contributed by atoms with Gasteiger partial charge in [0.2, 0.25) is 0 Å².